The molecule has 1 aromatic carbocycles. The Balaban J connectivity index is 2.34. The minimum atomic E-state index is 0.612. The number of hydrogen-bond donors (Lipinski definition) is 1. The van der Waals surface area contributed by atoms with Crippen molar-refractivity contribution in [1.29, 1.82) is 0 Å². The summed E-state index contributed by atoms with van der Waals surface area (Å²) in [6.07, 6.45) is 2.31. The van der Waals surface area contributed by atoms with Gasteiger partial charge >= 0.3 is 0 Å². The topological polar surface area (TPSA) is 24.5 Å². The zero-order valence-corrected chi connectivity index (χ0v) is 12.1. The van der Waals surface area contributed by atoms with Crippen molar-refractivity contribution in [3.8, 4) is 5.75 Å². The maximum absolute atomic E-state index is 5.16. The monoisotopic (exact) mass is 250 g/mol. The molecule has 0 heterocycles. The van der Waals surface area contributed by atoms with Gasteiger partial charge in [-0.25, -0.2) is 0 Å². The van der Waals surface area contributed by atoms with Crippen LogP contribution in [-0.4, -0.2) is 45.2 Å². The maximum atomic E-state index is 5.16. The quantitative estimate of drug-likeness (QED) is 0.765. The van der Waals surface area contributed by atoms with Crippen molar-refractivity contribution in [1.82, 2.24) is 10.2 Å². The molecule has 102 valence electrons. The lowest BCUT2D eigenvalue weighted by Crippen LogP contribution is -2.34. The lowest BCUT2D eigenvalue weighted by atomic mass is 10.1. The number of nitrogens with one attached hydrogen (secondary N) is 1. The van der Waals surface area contributed by atoms with Gasteiger partial charge in [-0.15, -0.1) is 0 Å². The second kappa shape index (κ2) is 8.11. The van der Waals surface area contributed by atoms with Crippen molar-refractivity contribution in [2.75, 3.05) is 34.3 Å². The second-order valence-electron chi connectivity index (χ2n) is 4.82. The summed E-state index contributed by atoms with van der Waals surface area (Å²) >= 11 is 0. The fourth-order valence-electron chi connectivity index (χ4n) is 1.90. The molecule has 0 fully saturated rings. The zero-order valence-electron chi connectivity index (χ0n) is 12.1. The fraction of sp³-hybridized carbons (Fsp3) is 0.600. The van der Waals surface area contributed by atoms with Crippen LogP contribution in [0.25, 0.3) is 0 Å². The van der Waals surface area contributed by atoms with E-state index in [4.69, 9.17) is 4.74 Å². The van der Waals surface area contributed by atoms with Gasteiger partial charge < -0.3 is 15.0 Å². The smallest absolute Gasteiger partial charge is 0.118 e. The van der Waals surface area contributed by atoms with Crippen molar-refractivity contribution in [3.63, 3.8) is 0 Å². The van der Waals surface area contributed by atoms with Crippen LogP contribution in [-0.2, 0) is 6.42 Å². The molecular weight excluding hydrogens is 224 g/mol. The van der Waals surface area contributed by atoms with Crippen LogP contribution < -0.4 is 10.1 Å². The molecule has 1 rings (SSSR count). The van der Waals surface area contributed by atoms with E-state index < -0.39 is 0 Å². The van der Waals surface area contributed by atoms with E-state index in [1.165, 1.54) is 12.0 Å². The van der Waals surface area contributed by atoms with E-state index in [1.54, 1.807) is 7.11 Å². The molecule has 18 heavy (non-hydrogen) atoms. The van der Waals surface area contributed by atoms with Gasteiger partial charge in [0, 0.05) is 19.1 Å². The first kappa shape index (κ1) is 15.0. The average Bonchev–Trinajstić information content (AvgIpc) is 2.42. The molecular formula is C15H26N2O. The first-order valence-corrected chi connectivity index (χ1v) is 6.65. The molecule has 0 radical (unpaired) electrons. The van der Waals surface area contributed by atoms with Crippen LogP contribution in [0, 0.1) is 0 Å². The van der Waals surface area contributed by atoms with E-state index in [-0.39, 0.29) is 0 Å². The Morgan fingerprint density at radius 3 is 2.50 bits per heavy atom. The van der Waals surface area contributed by atoms with Crippen LogP contribution in [0.1, 0.15) is 18.9 Å². The summed E-state index contributed by atoms with van der Waals surface area (Å²) in [6.45, 7) is 4.43. The molecule has 0 aliphatic heterocycles. The van der Waals surface area contributed by atoms with Crippen LogP contribution in [0.4, 0.5) is 0 Å². The third kappa shape index (κ3) is 5.07. The highest BCUT2D eigenvalue weighted by Crippen LogP contribution is 2.14. The predicted molar refractivity (Wildman–Crippen MR) is 77.3 cm³/mol. The molecule has 0 saturated heterocycles. The molecule has 1 aromatic rings. The highest BCUT2D eigenvalue weighted by Gasteiger charge is 2.08. The van der Waals surface area contributed by atoms with Gasteiger partial charge in [-0.1, -0.05) is 12.1 Å². The molecule has 3 nitrogen and oxygen atoms in total. The number of nitrogens with zero attached hydrogens (tertiary/aromatic N) is 1. The Kier molecular flexibility index (Phi) is 6.76. The first-order valence-electron chi connectivity index (χ1n) is 6.65. The molecule has 0 spiro atoms. The van der Waals surface area contributed by atoms with Gasteiger partial charge in [0.15, 0.2) is 0 Å². The zero-order chi connectivity index (χ0) is 13.4. The van der Waals surface area contributed by atoms with Crippen molar-refractivity contribution >= 4 is 0 Å². The van der Waals surface area contributed by atoms with Gasteiger partial charge in [-0.2, -0.15) is 0 Å². The summed E-state index contributed by atoms with van der Waals surface area (Å²) < 4.78 is 5.16. The molecule has 1 unspecified atom stereocenters. The summed E-state index contributed by atoms with van der Waals surface area (Å²) in [5.41, 5.74) is 1.38. The number of likely N-dealkylation sites (N-methyl/N-ethyl adjacent to an activating group) is 2. The number of methoxy groups -OCH3 is 1. The summed E-state index contributed by atoms with van der Waals surface area (Å²) in [4.78, 5) is 2.40. The minimum Gasteiger partial charge on any atom is -0.497 e. The standard InChI is InChI=1S/C15H26N2O/c1-13(17(3)12-11-16-2)5-6-14-7-9-15(18-4)10-8-14/h7-10,13,16H,5-6,11-12H2,1-4H3. The minimum absolute atomic E-state index is 0.612. The third-order valence-electron chi connectivity index (χ3n) is 3.48. The summed E-state index contributed by atoms with van der Waals surface area (Å²) in [7, 11) is 5.89. The highest BCUT2D eigenvalue weighted by atomic mass is 16.5. The van der Waals surface area contributed by atoms with Crippen LogP contribution in [0.5, 0.6) is 5.75 Å². The van der Waals surface area contributed by atoms with Crippen molar-refractivity contribution in [2.45, 2.75) is 25.8 Å². The van der Waals surface area contributed by atoms with E-state index in [2.05, 4.69) is 36.3 Å². The molecule has 0 bridgehead atoms. The summed E-state index contributed by atoms with van der Waals surface area (Å²) in [6, 6.07) is 8.98. The molecule has 3 heteroatoms. The van der Waals surface area contributed by atoms with Gasteiger partial charge in [0.2, 0.25) is 0 Å². The normalized spacial score (nSPS) is 12.7. The molecule has 0 aliphatic rings. The van der Waals surface area contributed by atoms with E-state index in [9.17, 15) is 0 Å². The maximum Gasteiger partial charge on any atom is 0.118 e. The number of aryl methyl sites for hydroxylation is 1. The number of hydrogen-bond acceptors (Lipinski definition) is 3. The van der Waals surface area contributed by atoms with Crippen molar-refractivity contribution in [3.05, 3.63) is 29.8 Å². The van der Waals surface area contributed by atoms with Crippen LogP contribution in [0.3, 0.4) is 0 Å². The average molecular weight is 250 g/mol. The SMILES string of the molecule is CNCCN(C)C(C)CCc1ccc(OC)cc1. The lowest BCUT2D eigenvalue weighted by Gasteiger charge is -2.24. The Hall–Kier alpha value is -1.06. The van der Waals surface area contributed by atoms with Gasteiger partial charge in [0.1, 0.15) is 5.75 Å². The molecule has 1 N–H and O–H groups in total. The van der Waals surface area contributed by atoms with Gasteiger partial charge in [0.05, 0.1) is 7.11 Å². The predicted octanol–water partition coefficient (Wildman–Crippen LogP) is 2.17. The Morgan fingerprint density at radius 1 is 1.28 bits per heavy atom. The van der Waals surface area contributed by atoms with E-state index in [1.807, 2.05) is 19.2 Å². The lowest BCUT2D eigenvalue weighted by molar-refractivity contribution is 0.248. The molecule has 0 saturated carbocycles. The molecule has 0 aliphatic carbocycles. The van der Waals surface area contributed by atoms with Gasteiger partial charge in [-0.05, 0) is 51.6 Å². The highest BCUT2D eigenvalue weighted by molar-refractivity contribution is 5.27. The Bertz CT molecular complexity index is 324. The number of rotatable bonds is 8. The molecule has 1 atom stereocenters. The Labute approximate surface area is 111 Å². The summed E-state index contributed by atoms with van der Waals surface area (Å²) in [5.74, 6) is 0.929. The second-order valence-corrected chi connectivity index (χ2v) is 4.82. The van der Waals surface area contributed by atoms with Gasteiger partial charge in [0.25, 0.3) is 0 Å². The molecule has 0 aromatic heterocycles. The number of ether oxygens (including phenoxy) is 1. The Morgan fingerprint density at radius 2 is 1.94 bits per heavy atom. The van der Waals surface area contributed by atoms with Crippen molar-refractivity contribution in [2.24, 2.45) is 0 Å². The fourth-order valence-corrected chi connectivity index (χ4v) is 1.90. The third-order valence-corrected chi connectivity index (χ3v) is 3.48. The molecule has 0 amide bonds. The van der Waals surface area contributed by atoms with Crippen LogP contribution >= 0.6 is 0 Å². The first-order chi connectivity index (χ1) is 8.67. The van der Waals surface area contributed by atoms with Gasteiger partial charge in [-0.3, -0.25) is 0 Å². The van der Waals surface area contributed by atoms with E-state index in [0.717, 1.165) is 25.3 Å². The summed E-state index contributed by atoms with van der Waals surface area (Å²) in [5, 5.41) is 3.18. The van der Waals surface area contributed by atoms with E-state index >= 15 is 0 Å². The van der Waals surface area contributed by atoms with Crippen molar-refractivity contribution < 1.29 is 4.74 Å². The van der Waals surface area contributed by atoms with Crippen LogP contribution in [0.15, 0.2) is 24.3 Å². The van der Waals surface area contributed by atoms with Crippen LogP contribution in [0.2, 0.25) is 0 Å². The number of benzene rings is 1. The largest absolute Gasteiger partial charge is 0.497 e. The van der Waals surface area contributed by atoms with E-state index in [0.29, 0.717) is 6.04 Å².